The molecule has 0 amide bonds. The number of hydrogen-bond acceptors (Lipinski definition) is 3. The van der Waals surface area contributed by atoms with Crippen LogP contribution in [-0.4, -0.2) is 34.0 Å². The van der Waals surface area contributed by atoms with Crippen LogP contribution in [0.15, 0.2) is 42.7 Å². The molecule has 1 N–H and O–H groups in total. The van der Waals surface area contributed by atoms with Gasteiger partial charge >= 0.3 is 5.97 Å². The number of aromatic nitrogens is 1. The van der Waals surface area contributed by atoms with Crippen molar-refractivity contribution in [1.82, 2.24) is 9.88 Å². The van der Waals surface area contributed by atoms with Gasteiger partial charge in [0.15, 0.2) is 0 Å². The van der Waals surface area contributed by atoms with Crippen molar-refractivity contribution in [1.29, 1.82) is 0 Å². The van der Waals surface area contributed by atoms with Gasteiger partial charge in [0.25, 0.3) is 0 Å². The molecule has 4 heteroatoms. The van der Waals surface area contributed by atoms with Crippen LogP contribution in [0.3, 0.4) is 0 Å². The number of fused-ring (bicyclic) bond motifs is 1. The van der Waals surface area contributed by atoms with Crippen molar-refractivity contribution in [2.24, 2.45) is 0 Å². The Bertz CT molecular complexity index is 640. The van der Waals surface area contributed by atoms with E-state index in [1.165, 1.54) is 11.1 Å². The average molecular weight is 282 g/mol. The molecule has 0 spiro atoms. The highest BCUT2D eigenvalue weighted by molar-refractivity contribution is 5.87. The van der Waals surface area contributed by atoms with Crippen molar-refractivity contribution in [3.63, 3.8) is 0 Å². The summed E-state index contributed by atoms with van der Waals surface area (Å²) in [5.74, 6) is -0.855. The third-order valence-corrected chi connectivity index (χ3v) is 4.01. The predicted octanol–water partition coefficient (Wildman–Crippen LogP) is 2.38. The van der Waals surface area contributed by atoms with Gasteiger partial charge in [-0.15, -0.1) is 0 Å². The Balaban J connectivity index is 1.66. The van der Waals surface area contributed by atoms with E-state index in [4.69, 9.17) is 5.11 Å². The van der Waals surface area contributed by atoms with Crippen LogP contribution >= 0.6 is 0 Å². The van der Waals surface area contributed by atoms with Crippen molar-refractivity contribution in [2.45, 2.75) is 19.4 Å². The second kappa shape index (κ2) is 6.06. The van der Waals surface area contributed by atoms with Crippen molar-refractivity contribution >= 4 is 5.97 Å². The van der Waals surface area contributed by atoms with Gasteiger partial charge in [-0.05, 0) is 53.8 Å². The molecule has 2 aromatic rings. The number of pyridine rings is 1. The number of carbonyl (C=O) groups is 1. The molecule has 1 aliphatic heterocycles. The summed E-state index contributed by atoms with van der Waals surface area (Å²) < 4.78 is 0. The lowest BCUT2D eigenvalue weighted by Crippen LogP contribution is -2.32. The minimum absolute atomic E-state index is 0.379. The lowest BCUT2D eigenvalue weighted by Gasteiger charge is -2.29. The highest BCUT2D eigenvalue weighted by Crippen LogP contribution is 2.20. The summed E-state index contributed by atoms with van der Waals surface area (Å²) >= 11 is 0. The van der Waals surface area contributed by atoms with E-state index < -0.39 is 5.97 Å². The molecule has 0 bridgehead atoms. The minimum Gasteiger partial charge on any atom is -0.478 e. The fourth-order valence-electron chi connectivity index (χ4n) is 2.78. The zero-order chi connectivity index (χ0) is 14.7. The summed E-state index contributed by atoms with van der Waals surface area (Å²) in [6.45, 7) is 2.85. The van der Waals surface area contributed by atoms with Gasteiger partial charge in [-0.3, -0.25) is 9.88 Å². The number of rotatable bonds is 4. The van der Waals surface area contributed by atoms with E-state index in [2.05, 4.69) is 9.88 Å². The molecular weight excluding hydrogens is 264 g/mol. The van der Waals surface area contributed by atoms with Crippen molar-refractivity contribution in [3.05, 3.63) is 65.0 Å². The van der Waals surface area contributed by atoms with Gasteiger partial charge in [0, 0.05) is 32.0 Å². The standard InChI is InChI=1S/C17H18N2O2/c20-17(21)15-2-1-14-6-10-19(12-16(14)11-15)9-5-13-3-7-18-8-4-13/h1-4,7-8,11H,5-6,9-10,12H2,(H,20,21). The second-order valence-electron chi connectivity index (χ2n) is 5.42. The van der Waals surface area contributed by atoms with Crippen molar-refractivity contribution in [3.8, 4) is 0 Å². The van der Waals surface area contributed by atoms with E-state index in [1.54, 1.807) is 6.07 Å². The quantitative estimate of drug-likeness (QED) is 0.935. The molecule has 1 aromatic carbocycles. The van der Waals surface area contributed by atoms with Crippen LogP contribution in [-0.2, 0) is 19.4 Å². The van der Waals surface area contributed by atoms with Gasteiger partial charge in [-0.1, -0.05) is 6.07 Å². The number of hydrogen-bond donors (Lipinski definition) is 1. The van der Waals surface area contributed by atoms with Gasteiger partial charge in [0.2, 0.25) is 0 Å². The normalized spacial score (nSPS) is 14.7. The van der Waals surface area contributed by atoms with Crippen LogP contribution in [0, 0.1) is 0 Å². The Morgan fingerprint density at radius 1 is 1.19 bits per heavy atom. The summed E-state index contributed by atoms with van der Waals surface area (Å²) in [7, 11) is 0. The number of nitrogens with zero attached hydrogens (tertiary/aromatic N) is 2. The third-order valence-electron chi connectivity index (χ3n) is 4.01. The van der Waals surface area contributed by atoms with E-state index in [9.17, 15) is 4.79 Å². The first-order valence-electron chi connectivity index (χ1n) is 7.19. The Kier molecular flexibility index (Phi) is 3.97. The highest BCUT2D eigenvalue weighted by Gasteiger charge is 2.17. The van der Waals surface area contributed by atoms with E-state index in [-0.39, 0.29) is 0 Å². The molecule has 0 aliphatic carbocycles. The topological polar surface area (TPSA) is 53.4 Å². The molecule has 0 unspecified atom stereocenters. The molecule has 3 rings (SSSR count). The summed E-state index contributed by atoms with van der Waals surface area (Å²) in [6, 6.07) is 9.56. The lowest BCUT2D eigenvalue weighted by atomic mass is 9.97. The SMILES string of the molecule is O=C(O)c1ccc2c(c1)CN(CCc1ccncc1)CC2. The average Bonchev–Trinajstić information content (AvgIpc) is 2.53. The number of aromatic carboxylic acids is 1. The van der Waals surface area contributed by atoms with Crippen LogP contribution in [0.4, 0.5) is 0 Å². The number of carboxylic acids is 1. The van der Waals surface area contributed by atoms with E-state index in [0.29, 0.717) is 5.56 Å². The second-order valence-corrected chi connectivity index (χ2v) is 5.42. The first-order chi connectivity index (χ1) is 10.2. The molecule has 0 atom stereocenters. The molecular formula is C17H18N2O2. The molecule has 21 heavy (non-hydrogen) atoms. The molecule has 1 aromatic heterocycles. The van der Waals surface area contributed by atoms with Crippen LogP contribution in [0.25, 0.3) is 0 Å². The monoisotopic (exact) mass is 282 g/mol. The Morgan fingerprint density at radius 2 is 2.00 bits per heavy atom. The summed E-state index contributed by atoms with van der Waals surface area (Å²) in [6.07, 6.45) is 5.63. The molecule has 1 aliphatic rings. The molecule has 2 heterocycles. The first kappa shape index (κ1) is 13.8. The smallest absolute Gasteiger partial charge is 0.335 e. The van der Waals surface area contributed by atoms with Gasteiger partial charge in [-0.25, -0.2) is 4.79 Å². The van der Waals surface area contributed by atoms with E-state index >= 15 is 0 Å². The van der Waals surface area contributed by atoms with E-state index in [0.717, 1.165) is 38.0 Å². The zero-order valence-corrected chi connectivity index (χ0v) is 11.8. The van der Waals surface area contributed by atoms with Crippen LogP contribution in [0.2, 0.25) is 0 Å². The molecule has 0 saturated heterocycles. The highest BCUT2D eigenvalue weighted by atomic mass is 16.4. The Morgan fingerprint density at radius 3 is 2.76 bits per heavy atom. The maximum atomic E-state index is 11.1. The summed E-state index contributed by atoms with van der Waals surface area (Å²) in [5, 5.41) is 9.08. The summed E-state index contributed by atoms with van der Waals surface area (Å²) in [5.41, 5.74) is 4.09. The number of carboxylic acid groups (broad SMARTS) is 1. The van der Waals surface area contributed by atoms with Gasteiger partial charge in [-0.2, -0.15) is 0 Å². The Hall–Kier alpha value is -2.20. The number of benzene rings is 1. The largest absolute Gasteiger partial charge is 0.478 e. The maximum absolute atomic E-state index is 11.1. The first-order valence-corrected chi connectivity index (χ1v) is 7.19. The van der Waals surface area contributed by atoms with Gasteiger partial charge in [0.05, 0.1) is 5.56 Å². The molecule has 0 saturated carbocycles. The molecule has 0 fully saturated rings. The zero-order valence-electron chi connectivity index (χ0n) is 11.8. The summed E-state index contributed by atoms with van der Waals surface area (Å²) in [4.78, 5) is 17.5. The van der Waals surface area contributed by atoms with E-state index in [1.807, 2.05) is 36.7 Å². The molecule has 4 nitrogen and oxygen atoms in total. The van der Waals surface area contributed by atoms with Crippen LogP contribution in [0.5, 0.6) is 0 Å². The van der Waals surface area contributed by atoms with Gasteiger partial charge in [0.1, 0.15) is 0 Å². The fourth-order valence-corrected chi connectivity index (χ4v) is 2.78. The van der Waals surface area contributed by atoms with Crippen LogP contribution in [0.1, 0.15) is 27.0 Å². The maximum Gasteiger partial charge on any atom is 0.335 e. The molecule has 108 valence electrons. The third kappa shape index (κ3) is 3.28. The molecule has 0 radical (unpaired) electrons. The minimum atomic E-state index is -0.855. The fraction of sp³-hybridized carbons (Fsp3) is 0.294. The van der Waals surface area contributed by atoms with Gasteiger partial charge < -0.3 is 5.11 Å². The van der Waals surface area contributed by atoms with Crippen LogP contribution < -0.4 is 0 Å². The predicted molar refractivity (Wildman–Crippen MR) is 80.3 cm³/mol. The van der Waals surface area contributed by atoms with Crippen molar-refractivity contribution < 1.29 is 9.90 Å². The lowest BCUT2D eigenvalue weighted by molar-refractivity contribution is 0.0696. The Labute approximate surface area is 124 Å². The van der Waals surface area contributed by atoms with Crippen molar-refractivity contribution in [2.75, 3.05) is 13.1 Å².